The number of alkyl halides is 1. The lowest BCUT2D eigenvalue weighted by molar-refractivity contribution is 0.238. The first-order valence-electron chi connectivity index (χ1n) is 6.67. The summed E-state index contributed by atoms with van der Waals surface area (Å²) < 4.78 is 0. The third-order valence-corrected chi connectivity index (χ3v) is 5.20. The average molecular weight is 331 g/mol. The SMILES string of the molecule is CCC1(C)CCN(c2cc(Cl)ccc2CBr)CC1. The van der Waals surface area contributed by atoms with Gasteiger partial charge < -0.3 is 4.90 Å². The third kappa shape index (κ3) is 3.03. The summed E-state index contributed by atoms with van der Waals surface area (Å²) in [5, 5.41) is 1.72. The predicted molar refractivity (Wildman–Crippen MR) is 83.9 cm³/mol. The van der Waals surface area contributed by atoms with Gasteiger partial charge in [-0.25, -0.2) is 0 Å². The Kier molecular flexibility index (Phi) is 4.60. The maximum absolute atomic E-state index is 6.13. The van der Waals surface area contributed by atoms with E-state index in [-0.39, 0.29) is 0 Å². The molecular formula is C15H21BrClN. The topological polar surface area (TPSA) is 3.24 Å². The van der Waals surface area contributed by atoms with Crippen molar-refractivity contribution in [2.45, 2.75) is 38.4 Å². The van der Waals surface area contributed by atoms with Crippen LogP contribution in [0.4, 0.5) is 5.69 Å². The van der Waals surface area contributed by atoms with E-state index in [4.69, 9.17) is 11.6 Å². The molecule has 1 aliphatic heterocycles. The zero-order chi connectivity index (χ0) is 13.2. The number of benzene rings is 1. The Morgan fingerprint density at radius 2 is 2.00 bits per heavy atom. The highest BCUT2D eigenvalue weighted by Crippen LogP contribution is 2.37. The van der Waals surface area contributed by atoms with E-state index in [1.807, 2.05) is 6.07 Å². The standard InChI is InChI=1S/C15H21BrClN/c1-3-15(2)6-8-18(9-7-15)14-10-13(17)5-4-12(14)11-16/h4-5,10H,3,6-9,11H2,1-2H3. The molecule has 1 fully saturated rings. The Balaban J connectivity index is 2.16. The van der Waals surface area contributed by atoms with E-state index in [0.717, 1.165) is 23.4 Å². The van der Waals surface area contributed by atoms with Gasteiger partial charge in [0.25, 0.3) is 0 Å². The number of hydrogen-bond acceptors (Lipinski definition) is 1. The van der Waals surface area contributed by atoms with Crippen LogP contribution in [0.25, 0.3) is 0 Å². The van der Waals surface area contributed by atoms with Crippen molar-refractivity contribution in [1.29, 1.82) is 0 Å². The fourth-order valence-corrected chi connectivity index (χ4v) is 3.23. The second-order valence-corrected chi connectivity index (χ2v) is 6.56. The van der Waals surface area contributed by atoms with Gasteiger partial charge in [-0.3, -0.25) is 0 Å². The molecule has 0 unspecified atom stereocenters. The minimum absolute atomic E-state index is 0.531. The van der Waals surface area contributed by atoms with Gasteiger partial charge in [-0.1, -0.05) is 53.9 Å². The normalized spacial score (nSPS) is 19.0. The van der Waals surface area contributed by atoms with Crippen molar-refractivity contribution >= 4 is 33.2 Å². The minimum atomic E-state index is 0.531. The van der Waals surface area contributed by atoms with Crippen LogP contribution in [-0.2, 0) is 5.33 Å². The van der Waals surface area contributed by atoms with Crippen LogP contribution in [0.15, 0.2) is 18.2 Å². The molecule has 0 radical (unpaired) electrons. The zero-order valence-corrected chi connectivity index (χ0v) is 13.5. The molecule has 2 rings (SSSR count). The molecule has 0 aromatic heterocycles. The van der Waals surface area contributed by atoms with Crippen molar-refractivity contribution in [1.82, 2.24) is 0 Å². The smallest absolute Gasteiger partial charge is 0.0426 e. The fraction of sp³-hybridized carbons (Fsp3) is 0.600. The summed E-state index contributed by atoms with van der Waals surface area (Å²) in [6.45, 7) is 7.00. The Labute approximate surface area is 124 Å². The minimum Gasteiger partial charge on any atom is -0.371 e. The highest BCUT2D eigenvalue weighted by atomic mass is 79.9. The number of rotatable bonds is 3. The summed E-state index contributed by atoms with van der Waals surface area (Å²) in [5.41, 5.74) is 3.17. The Bertz CT molecular complexity index is 411. The maximum Gasteiger partial charge on any atom is 0.0426 e. The largest absolute Gasteiger partial charge is 0.371 e. The van der Waals surface area contributed by atoms with Crippen LogP contribution in [0.2, 0.25) is 5.02 Å². The maximum atomic E-state index is 6.13. The molecule has 100 valence electrons. The lowest BCUT2D eigenvalue weighted by atomic mass is 9.78. The van der Waals surface area contributed by atoms with E-state index in [1.165, 1.54) is 30.5 Å². The second-order valence-electron chi connectivity index (χ2n) is 5.56. The van der Waals surface area contributed by atoms with Crippen molar-refractivity contribution in [3.63, 3.8) is 0 Å². The quantitative estimate of drug-likeness (QED) is 0.684. The lowest BCUT2D eigenvalue weighted by Crippen LogP contribution is -2.38. The molecule has 0 spiro atoms. The number of nitrogens with zero attached hydrogens (tertiary/aromatic N) is 1. The highest BCUT2D eigenvalue weighted by Gasteiger charge is 2.28. The molecular weight excluding hydrogens is 310 g/mol. The molecule has 0 bridgehead atoms. The molecule has 0 amide bonds. The first-order chi connectivity index (χ1) is 8.58. The molecule has 1 aromatic rings. The van der Waals surface area contributed by atoms with E-state index >= 15 is 0 Å². The van der Waals surface area contributed by atoms with E-state index in [1.54, 1.807) is 0 Å². The molecule has 1 aromatic carbocycles. The summed E-state index contributed by atoms with van der Waals surface area (Å²) in [5.74, 6) is 0. The zero-order valence-electron chi connectivity index (χ0n) is 11.2. The van der Waals surface area contributed by atoms with E-state index in [2.05, 4.69) is 46.8 Å². The molecule has 1 heterocycles. The van der Waals surface area contributed by atoms with Gasteiger partial charge in [0, 0.05) is 29.1 Å². The van der Waals surface area contributed by atoms with Crippen molar-refractivity contribution in [3.05, 3.63) is 28.8 Å². The second kappa shape index (κ2) is 5.83. The van der Waals surface area contributed by atoms with Gasteiger partial charge in [-0.15, -0.1) is 0 Å². The molecule has 3 heteroatoms. The number of piperidine rings is 1. The molecule has 1 aliphatic rings. The van der Waals surface area contributed by atoms with Gasteiger partial charge >= 0.3 is 0 Å². The lowest BCUT2D eigenvalue weighted by Gasteiger charge is -2.40. The monoisotopic (exact) mass is 329 g/mol. The van der Waals surface area contributed by atoms with Gasteiger partial charge in [0.15, 0.2) is 0 Å². The highest BCUT2D eigenvalue weighted by molar-refractivity contribution is 9.08. The van der Waals surface area contributed by atoms with Crippen molar-refractivity contribution in [2.75, 3.05) is 18.0 Å². The third-order valence-electron chi connectivity index (χ3n) is 4.36. The van der Waals surface area contributed by atoms with Gasteiger partial charge in [0.1, 0.15) is 0 Å². The van der Waals surface area contributed by atoms with Crippen LogP contribution in [0.1, 0.15) is 38.7 Å². The van der Waals surface area contributed by atoms with Crippen molar-refractivity contribution < 1.29 is 0 Å². The summed E-state index contributed by atoms with van der Waals surface area (Å²) in [6.07, 6.45) is 3.83. The number of anilines is 1. The summed E-state index contributed by atoms with van der Waals surface area (Å²) in [6, 6.07) is 6.20. The molecule has 1 saturated heterocycles. The van der Waals surface area contributed by atoms with Gasteiger partial charge in [-0.05, 0) is 36.0 Å². The molecule has 1 nitrogen and oxygen atoms in total. The first-order valence-corrected chi connectivity index (χ1v) is 8.17. The first kappa shape index (κ1) is 14.2. The Morgan fingerprint density at radius 3 is 2.56 bits per heavy atom. The molecule has 18 heavy (non-hydrogen) atoms. The fourth-order valence-electron chi connectivity index (χ4n) is 2.59. The van der Waals surface area contributed by atoms with Crippen LogP contribution >= 0.6 is 27.5 Å². The molecule has 0 aliphatic carbocycles. The van der Waals surface area contributed by atoms with Crippen LogP contribution < -0.4 is 4.90 Å². The summed E-state index contributed by atoms with van der Waals surface area (Å²) in [7, 11) is 0. The van der Waals surface area contributed by atoms with Crippen LogP contribution in [0.3, 0.4) is 0 Å². The van der Waals surface area contributed by atoms with Gasteiger partial charge in [0.05, 0.1) is 0 Å². The van der Waals surface area contributed by atoms with Crippen LogP contribution in [0, 0.1) is 5.41 Å². The molecule has 0 atom stereocenters. The Morgan fingerprint density at radius 1 is 1.33 bits per heavy atom. The predicted octanol–water partition coefficient (Wildman–Crippen LogP) is 5.25. The van der Waals surface area contributed by atoms with Crippen LogP contribution in [-0.4, -0.2) is 13.1 Å². The van der Waals surface area contributed by atoms with E-state index in [0.29, 0.717) is 5.41 Å². The number of hydrogen-bond donors (Lipinski definition) is 0. The van der Waals surface area contributed by atoms with Crippen molar-refractivity contribution in [2.24, 2.45) is 5.41 Å². The molecule has 0 saturated carbocycles. The average Bonchev–Trinajstić information content (AvgIpc) is 2.39. The number of halogens is 2. The van der Waals surface area contributed by atoms with E-state index < -0.39 is 0 Å². The van der Waals surface area contributed by atoms with E-state index in [9.17, 15) is 0 Å². The summed E-state index contributed by atoms with van der Waals surface area (Å²) in [4.78, 5) is 2.49. The van der Waals surface area contributed by atoms with Crippen molar-refractivity contribution in [3.8, 4) is 0 Å². The molecule has 0 N–H and O–H groups in total. The summed E-state index contributed by atoms with van der Waals surface area (Å²) >= 11 is 9.70. The Hall–Kier alpha value is -0.210. The van der Waals surface area contributed by atoms with Crippen LogP contribution in [0.5, 0.6) is 0 Å². The van der Waals surface area contributed by atoms with Gasteiger partial charge in [-0.2, -0.15) is 0 Å². The van der Waals surface area contributed by atoms with Gasteiger partial charge in [0.2, 0.25) is 0 Å².